The standard InChI is InChI=1S/C17H29NOS/c1-16(2,3)14-11-20-15(18-14)10-13(19)12-8-6-7-9-17(12,4)5/h11-13,19H,6-10H2,1-5H3. The fourth-order valence-electron chi connectivity index (χ4n) is 3.30. The first-order chi connectivity index (χ1) is 9.20. The molecule has 0 aliphatic heterocycles. The first-order valence-electron chi connectivity index (χ1n) is 7.83. The molecule has 1 aliphatic carbocycles. The number of hydrogen-bond acceptors (Lipinski definition) is 3. The van der Waals surface area contributed by atoms with Gasteiger partial charge in [0.05, 0.1) is 16.8 Å². The van der Waals surface area contributed by atoms with Gasteiger partial charge in [0, 0.05) is 17.2 Å². The van der Waals surface area contributed by atoms with Crippen molar-refractivity contribution >= 4 is 11.3 Å². The zero-order valence-corrected chi connectivity index (χ0v) is 14.4. The highest BCUT2D eigenvalue weighted by atomic mass is 32.1. The lowest BCUT2D eigenvalue weighted by Gasteiger charge is -2.41. The summed E-state index contributed by atoms with van der Waals surface area (Å²) in [6.07, 6.45) is 5.43. The van der Waals surface area contributed by atoms with Gasteiger partial charge in [-0.05, 0) is 24.2 Å². The topological polar surface area (TPSA) is 33.1 Å². The molecule has 0 saturated heterocycles. The van der Waals surface area contributed by atoms with Gasteiger partial charge in [-0.25, -0.2) is 4.98 Å². The Labute approximate surface area is 127 Å². The van der Waals surface area contributed by atoms with Gasteiger partial charge in [-0.15, -0.1) is 11.3 Å². The van der Waals surface area contributed by atoms with E-state index in [9.17, 15) is 5.11 Å². The summed E-state index contributed by atoms with van der Waals surface area (Å²) in [5.41, 5.74) is 1.51. The molecule has 2 unspecified atom stereocenters. The number of thiazole rings is 1. The Morgan fingerprint density at radius 2 is 2.10 bits per heavy atom. The molecule has 2 nitrogen and oxygen atoms in total. The van der Waals surface area contributed by atoms with Crippen molar-refractivity contribution in [1.29, 1.82) is 0 Å². The van der Waals surface area contributed by atoms with E-state index in [-0.39, 0.29) is 16.9 Å². The molecule has 0 radical (unpaired) electrons. The second kappa shape index (κ2) is 5.76. The summed E-state index contributed by atoms with van der Waals surface area (Å²) in [5.74, 6) is 0.415. The van der Waals surface area contributed by atoms with Crippen molar-refractivity contribution in [2.24, 2.45) is 11.3 Å². The summed E-state index contributed by atoms with van der Waals surface area (Å²) < 4.78 is 0. The predicted molar refractivity (Wildman–Crippen MR) is 86.3 cm³/mol. The van der Waals surface area contributed by atoms with Crippen molar-refractivity contribution in [3.8, 4) is 0 Å². The quantitative estimate of drug-likeness (QED) is 0.886. The summed E-state index contributed by atoms with van der Waals surface area (Å²) in [6, 6.07) is 0. The molecule has 1 fully saturated rings. The lowest BCUT2D eigenvalue weighted by molar-refractivity contribution is 0.00575. The molecule has 1 aromatic rings. The smallest absolute Gasteiger partial charge is 0.0954 e. The van der Waals surface area contributed by atoms with Crippen LogP contribution < -0.4 is 0 Å². The minimum absolute atomic E-state index is 0.101. The molecule has 1 N–H and O–H groups in total. The molecular formula is C17H29NOS. The van der Waals surface area contributed by atoms with Crippen LogP contribution in [0.2, 0.25) is 0 Å². The SMILES string of the molecule is CC(C)(C)c1csc(CC(O)C2CCCCC2(C)C)n1. The Balaban J connectivity index is 2.04. The molecule has 1 saturated carbocycles. The number of hydrogen-bond donors (Lipinski definition) is 1. The molecule has 3 heteroatoms. The highest BCUT2D eigenvalue weighted by Gasteiger charge is 2.37. The van der Waals surface area contributed by atoms with E-state index in [0.29, 0.717) is 5.92 Å². The molecular weight excluding hydrogens is 266 g/mol. The predicted octanol–water partition coefficient (Wildman–Crippen LogP) is 4.56. The van der Waals surface area contributed by atoms with Crippen molar-refractivity contribution in [2.45, 2.75) is 78.2 Å². The van der Waals surface area contributed by atoms with Gasteiger partial charge >= 0.3 is 0 Å². The fourth-order valence-corrected chi connectivity index (χ4v) is 4.38. The highest BCUT2D eigenvalue weighted by Crippen LogP contribution is 2.43. The van der Waals surface area contributed by atoms with E-state index in [1.807, 2.05) is 0 Å². The lowest BCUT2D eigenvalue weighted by Crippen LogP contribution is -2.37. The average Bonchev–Trinajstić information content (AvgIpc) is 2.76. The van der Waals surface area contributed by atoms with Crippen LogP contribution in [0.5, 0.6) is 0 Å². The monoisotopic (exact) mass is 295 g/mol. The van der Waals surface area contributed by atoms with E-state index >= 15 is 0 Å². The lowest BCUT2D eigenvalue weighted by atomic mass is 9.66. The summed E-state index contributed by atoms with van der Waals surface area (Å²) in [7, 11) is 0. The maximum absolute atomic E-state index is 10.6. The Morgan fingerprint density at radius 3 is 2.65 bits per heavy atom. The van der Waals surface area contributed by atoms with E-state index in [2.05, 4.69) is 40.0 Å². The van der Waals surface area contributed by atoms with Gasteiger partial charge in [0.1, 0.15) is 0 Å². The number of aliphatic hydroxyl groups excluding tert-OH is 1. The van der Waals surface area contributed by atoms with Gasteiger partial charge in [0.2, 0.25) is 0 Å². The van der Waals surface area contributed by atoms with E-state index in [4.69, 9.17) is 4.98 Å². The third-order valence-electron chi connectivity index (χ3n) is 4.76. The Kier molecular flexibility index (Phi) is 4.60. The van der Waals surface area contributed by atoms with Crippen LogP contribution in [0, 0.1) is 11.3 Å². The summed E-state index contributed by atoms with van der Waals surface area (Å²) in [4.78, 5) is 4.72. The normalized spacial score (nSPS) is 24.6. The van der Waals surface area contributed by atoms with E-state index in [1.54, 1.807) is 11.3 Å². The number of aromatic nitrogens is 1. The van der Waals surface area contributed by atoms with Gasteiger partial charge in [0.15, 0.2) is 0 Å². The number of nitrogens with zero attached hydrogens (tertiary/aromatic N) is 1. The van der Waals surface area contributed by atoms with Crippen LogP contribution in [0.3, 0.4) is 0 Å². The van der Waals surface area contributed by atoms with E-state index in [0.717, 1.165) is 23.5 Å². The summed E-state index contributed by atoms with van der Waals surface area (Å²) >= 11 is 1.70. The minimum Gasteiger partial charge on any atom is -0.392 e. The molecule has 1 aliphatic rings. The molecule has 1 heterocycles. The van der Waals surface area contributed by atoms with Gasteiger partial charge < -0.3 is 5.11 Å². The molecule has 0 bridgehead atoms. The van der Waals surface area contributed by atoms with E-state index in [1.165, 1.54) is 19.3 Å². The molecule has 2 rings (SSSR count). The van der Waals surface area contributed by atoms with Crippen LogP contribution >= 0.6 is 11.3 Å². The first-order valence-corrected chi connectivity index (χ1v) is 8.71. The first kappa shape index (κ1) is 16.0. The second-order valence-corrected chi connectivity index (χ2v) is 8.93. The van der Waals surface area contributed by atoms with Crippen molar-refractivity contribution in [2.75, 3.05) is 0 Å². The van der Waals surface area contributed by atoms with E-state index < -0.39 is 0 Å². The van der Waals surface area contributed by atoms with Crippen LogP contribution in [-0.4, -0.2) is 16.2 Å². The second-order valence-electron chi connectivity index (χ2n) is 7.99. The third kappa shape index (κ3) is 3.62. The number of aliphatic hydroxyl groups is 1. The highest BCUT2D eigenvalue weighted by molar-refractivity contribution is 7.09. The summed E-state index contributed by atoms with van der Waals surface area (Å²) in [5, 5.41) is 13.9. The van der Waals surface area contributed by atoms with Gasteiger partial charge in [-0.2, -0.15) is 0 Å². The molecule has 2 atom stereocenters. The van der Waals surface area contributed by atoms with Gasteiger partial charge in [-0.1, -0.05) is 47.5 Å². The van der Waals surface area contributed by atoms with Crippen molar-refractivity contribution in [1.82, 2.24) is 4.98 Å². The third-order valence-corrected chi connectivity index (χ3v) is 5.63. The number of rotatable bonds is 3. The Bertz CT molecular complexity index is 444. The van der Waals surface area contributed by atoms with Crippen LogP contribution in [0.4, 0.5) is 0 Å². The Morgan fingerprint density at radius 1 is 1.40 bits per heavy atom. The van der Waals surface area contributed by atoms with Crippen molar-refractivity contribution in [3.05, 3.63) is 16.1 Å². The zero-order chi connectivity index (χ0) is 15.0. The van der Waals surface area contributed by atoms with Crippen LogP contribution in [0.25, 0.3) is 0 Å². The zero-order valence-electron chi connectivity index (χ0n) is 13.6. The molecule has 0 amide bonds. The molecule has 20 heavy (non-hydrogen) atoms. The minimum atomic E-state index is -0.246. The molecule has 0 aromatic carbocycles. The van der Waals surface area contributed by atoms with Gasteiger partial charge in [0.25, 0.3) is 0 Å². The maximum Gasteiger partial charge on any atom is 0.0954 e. The largest absolute Gasteiger partial charge is 0.392 e. The van der Waals surface area contributed by atoms with Gasteiger partial charge in [-0.3, -0.25) is 0 Å². The average molecular weight is 295 g/mol. The fraction of sp³-hybridized carbons (Fsp3) is 0.824. The molecule has 1 aromatic heterocycles. The van der Waals surface area contributed by atoms with Crippen LogP contribution in [-0.2, 0) is 11.8 Å². The van der Waals surface area contributed by atoms with Crippen molar-refractivity contribution < 1.29 is 5.11 Å². The van der Waals surface area contributed by atoms with Crippen LogP contribution in [0.1, 0.15) is 71.0 Å². The summed E-state index contributed by atoms with van der Waals surface area (Å²) in [6.45, 7) is 11.2. The molecule has 0 spiro atoms. The van der Waals surface area contributed by atoms with Crippen molar-refractivity contribution in [3.63, 3.8) is 0 Å². The Hall–Kier alpha value is -0.410. The molecule has 114 valence electrons. The maximum atomic E-state index is 10.6. The van der Waals surface area contributed by atoms with Crippen LogP contribution in [0.15, 0.2) is 5.38 Å².